The van der Waals surface area contributed by atoms with Gasteiger partial charge in [-0.2, -0.15) is 13.2 Å². The number of hydrogen-bond acceptors (Lipinski definition) is 3. The first-order chi connectivity index (χ1) is 14.6. The van der Waals surface area contributed by atoms with Gasteiger partial charge in [0.25, 0.3) is 11.8 Å². The number of anilines is 2. The van der Waals surface area contributed by atoms with Crippen molar-refractivity contribution in [2.75, 3.05) is 10.6 Å². The summed E-state index contributed by atoms with van der Waals surface area (Å²) >= 11 is 0. The van der Waals surface area contributed by atoms with E-state index in [2.05, 4.69) is 15.6 Å². The second-order valence-corrected chi connectivity index (χ2v) is 6.73. The third-order valence-corrected chi connectivity index (χ3v) is 4.42. The Morgan fingerprint density at radius 1 is 0.871 bits per heavy atom. The van der Waals surface area contributed by atoms with Crippen molar-refractivity contribution in [3.8, 4) is 0 Å². The van der Waals surface area contributed by atoms with Crippen LogP contribution in [0.25, 0.3) is 0 Å². The van der Waals surface area contributed by atoms with Gasteiger partial charge in [-0.3, -0.25) is 14.6 Å². The molecule has 0 saturated carbocycles. The van der Waals surface area contributed by atoms with E-state index in [1.54, 1.807) is 19.9 Å². The first-order valence-electron chi connectivity index (χ1n) is 9.09. The minimum Gasteiger partial charge on any atom is -0.322 e. The Bertz CT molecular complexity index is 1160. The molecule has 2 amide bonds. The van der Waals surface area contributed by atoms with Crippen molar-refractivity contribution in [3.63, 3.8) is 0 Å². The zero-order valence-electron chi connectivity index (χ0n) is 16.5. The number of carbonyl (C=O) groups excluding carboxylic acids is 2. The number of nitrogens with zero attached hydrogens (tertiary/aromatic N) is 1. The minimum absolute atomic E-state index is 0.135. The molecule has 2 aromatic carbocycles. The summed E-state index contributed by atoms with van der Waals surface area (Å²) in [6.07, 6.45) is -4.82. The van der Waals surface area contributed by atoms with Gasteiger partial charge in [0, 0.05) is 11.4 Å². The van der Waals surface area contributed by atoms with Crippen LogP contribution in [0.4, 0.5) is 28.9 Å². The average molecular weight is 431 g/mol. The van der Waals surface area contributed by atoms with Crippen molar-refractivity contribution in [3.05, 3.63) is 88.5 Å². The lowest BCUT2D eigenvalue weighted by molar-refractivity contribution is -0.136. The zero-order chi connectivity index (χ0) is 22.8. The predicted octanol–water partition coefficient (Wildman–Crippen LogP) is 5.36. The van der Waals surface area contributed by atoms with Gasteiger partial charge in [-0.25, -0.2) is 4.39 Å². The molecular weight excluding hydrogens is 414 g/mol. The number of aromatic nitrogens is 1. The first kappa shape index (κ1) is 21.9. The maximum absolute atomic E-state index is 13.7. The Morgan fingerprint density at radius 2 is 1.55 bits per heavy atom. The molecule has 1 heterocycles. The fourth-order valence-electron chi connectivity index (χ4n) is 2.93. The van der Waals surface area contributed by atoms with Crippen molar-refractivity contribution in [2.45, 2.75) is 20.0 Å². The Balaban J connectivity index is 1.89. The van der Waals surface area contributed by atoms with Gasteiger partial charge in [-0.05, 0) is 56.3 Å². The summed E-state index contributed by atoms with van der Waals surface area (Å²) in [7, 11) is 0. The maximum Gasteiger partial charge on any atom is 0.418 e. The van der Waals surface area contributed by atoms with Crippen molar-refractivity contribution in [1.29, 1.82) is 0 Å². The molecule has 160 valence electrons. The standard InChI is InChI=1S/C22H17F4N3O2/c1-12-7-9-15(13(2)27-12)20(30)29-19-10-8-14(11-17(19)22(24,25)26)28-21(31)16-5-3-4-6-18(16)23/h3-11H,1-2H3,(H,28,31)(H,29,30). The summed E-state index contributed by atoms with van der Waals surface area (Å²) < 4.78 is 54.5. The second-order valence-electron chi connectivity index (χ2n) is 6.73. The normalized spacial score (nSPS) is 11.2. The highest BCUT2D eigenvalue weighted by atomic mass is 19.4. The molecule has 5 nitrogen and oxygen atoms in total. The molecule has 0 bridgehead atoms. The van der Waals surface area contributed by atoms with Crippen molar-refractivity contribution < 1.29 is 27.2 Å². The summed E-state index contributed by atoms with van der Waals surface area (Å²) in [6.45, 7) is 3.30. The van der Waals surface area contributed by atoms with Crippen LogP contribution in [0, 0.1) is 19.7 Å². The minimum atomic E-state index is -4.82. The van der Waals surface area contributed by atoms with Crippen molar-refractivity contribution in [2.24, 2.45) is 0 Å². The number of rotatable bonds is 4. The van der Waals surface area contributed by atoms with Crippen LogP contribution in [0.15, 0.2) is 54.6 Å². The zero-order valence-corrected chi connectivity index (χ0v) is 16.5. The molecule has 0 aliphatic carbocycles. The summed E-state index contributed by atoms with van der Waals surface area (Å²) in [5.74, 6) is -2.45. The largest absolute Gasteiger partial charge is 0.418 e. The molecule has 0 aliphatic heterocycles. The SMILES string of the molecule is Cc1ccc(C(=O)Nc2ccc(NC(=O)c3ccccc3F)cc2C(F)(F)F)c(C)n1. The number of pyridine rings is 1. The molecule has 31 heavy (non-hydrogen) atoms. The molecule has 2 N–H and O–H groups in total. The van der Waals surface area contributed by atoms with Crippen LogP contribution in [0.1, 0.15) is 37.7 Å². The molecule has 0 radical (unpaired) electrons. The molecule has 0 aliphatic rings. The maximum atomic E-state index is 13.7. The van der Waals surface area contributed by atoms with Crippen LogP contribution >= 0.6 is 0 Å². The Hall–Kier alpha value is -3.75. The molecule has 3 aromatic rings. The highest BCUT2D eigenvalue weighted by Gasteiger charge is 2.34. The van der Waals surface area contributed by atoms with E-state index in [1.807, 2.05) is 0 Å². The Kier molecular flexibility index (Phi) is 6.05. The first-order valence-corrected chi connectivity index (χ1v) is 9.09. The smallest absolute Gasteiger partial charge is 0.322 e. The number of aryl methyl sites for hydroxylation is 2. The number of hydrogen-bond donors (Lipinski definition) is 2. The molecular formula is C22H17F4N3O2. The van der Waals surface area contributed by atoms with Gasteiger partial charge in [-0.1, -0.05) is 12.1 Å². The van der Waals surface area contributed by atoms with Crippen LogP contribution in [-0.2, 0) is 6.18 Å². The lowest BCUT2D eigenvalue weighted by atomic mass is 10.1. The summed E-state index contributed by atoms with van der Waals surface area (Å²) in [5, 5.41) is 4.48. The molecule has 0 saturated heterocycles. The van der Waals surface area contributed by atoms with Crippen LogP contribution in [0.3, 0.4) is 0 Å². The van der Waals surface area contributed by atoms with Gasteiger partial charge in [0.2, 0.25) is 0 Å². The second kappa shape index (κ2) is 8.55. The van der Waals surface area contributed by atoms with Gasteiger partial charge in [0.1, 0.15) is 5.82 Å². The van der Waals surface area contributed by atoms with Crippen molar-refractivity contribution in [1.82, 2.24) is 4.98 Å². The fraction of sp³-hybridized carbons (Fsp3) is 0.136. The highest BCUT2D eigenvalue weighted by Crippen LogP contribution is 2.37. The number of carbonyl (C=O) groups is 2. The van der Waals surface area contributed by atoms with E-state index < -0.39 is 35.1 Å². The van der Waals surface area contributed by atoms with E-state index in [4.69, 9.17) is 0 Å². The summed E-state index contributed by atoms with van der Waals surface area (Å²) in [4.78, 5) is 28.8. The van der Waals surface area contributed by atoms with Gasteiger partial charge in [0.15, 0.2) is 0 Å². The van der Waals surface area contributed by atoms with E-state index in [-0.39, 0.29) is 16.8 Å². The molecule has 0 spiro atoms. The topological polar surface area (TPSA) is 71.1 Å². The van der Waals surface area contributed by atoms with Crippen LogP contribution in [0.5, 0.6) is 0 Å². The predicted molar refractivity (Wildman–Crippen MR) is 107 cm³/mol. The van der Waals surface area contributed by atoms with Crippen LogP contribution in [-0.4, -0.2) is 16.8 Å². The number of nitrogens with one attached hydrogen (secondary N) is 2. The van der Waals surface area contributed by atoms with E-state index in [0.29, 0.717) is 17.5 Å². The van der Waals surface area contributed by atoms with Crippen LogP contribution < -0.4 is 10.6 Å². The highest BCUT2D eigenvalue weighted by molar-refractivity contribution is 6.06. The molecule has 3 rings (SSSR count). The monoisotopic (exact) mass is 431 g/mol. The Morgan fingerprint density at radius 3 is 2.19 bits per heavy atom. The number of amides is 2. The van der Waals surface area contributed by atoms with E-state index in [1.165, 1.54) is 30.3 Å². The molecule has 1 aromatic heterocycles. The Labute approximate surface area is 175 Å². The molecule has 9 heteroatoms. The molecule has 0 fully saturated rings. The number of benzene rings is 2. The third kappa shape index (κ3) is 5.06. The number of alkyl halides is 3. The lowest BCUT2D eigenvalue weighted by Crippen LogP contribution is -2.19. The van der Waals surface area contributed by atoms with E-state index in [0.717, 1.165) is 12.1 Å². The average Bonchev–Trinajstić information content (AvgIpc) is 2.68. The molecule has 0 atom stereocenters. The fourth-order valence-corrected chi connectivity index (χ4v) is 2.93. The van der Waals surface area contributed by atoms with Gasteiger partial charge in [-0.15, -0.1) is 0 Å². The quantitative estimate of drug-likeness (QED) is 0.547. The summed E-state index contributed by atoms with van der Waals surface area (Å²) in [6, 6.07) is 11.0. The van der Waals surface area contributed by atoms with Gasteiger partial charge in [0.05, 0.1) is 28.1 Å². The van der Waals surface area contributed by atoms with Gasteiger partial charge < -0.3 is 10.6 Å². The third-order valence-electron chi connectivity index (χ3n) is 4.42. The molecule has 0 unspecified atom stereocenters. The van der Waals surface area contributed by atoms with Gasteiger partial charge >= 0.3 is 6.18 Å². The van der Waals surface area contributed by atoms with E-state index in [9.17, 15) is 27.2 Å². The lowest BCUT2D eigenvalue weighted by Gasteiger charge is -2.16. The summed E-state index contributed by atoms with van der Waals surface area (Å²) in [5.41, 5.74) is -0.982. The number of halogens is 4. The van der Waals surface area contributed by atoms with Crippen LogP contribution in [0.2, 0.25) is 0 Å². The van der Waals surface area contributed by atoms with E-state index >= 15 is 0 Å². The van der Waals surface area contributed by atoms with Crippen molar-refractivity contribution >= 4 is 23.2 Å².